The third-order valence-corrected chi connectivity index (χ3v) is 12.5. The van der Waals surface area contributed by atoms with Crippen LogP contribution >= 0.6 is 17.0 Å². The van der Waals surface area contributed by atoms with Crippen LogP contribution in [-0.4, -0.2) is 45.0 Å². The van der Waals surface area contributed by atoms with Crippen LogP contribution in [0.3, 0.4) is 0 Å². The van der Waals surface area contributed by atoms with Gasteiger partial charge in [0.1, 0.15) is 11.9 Å². The van der Waals surface area contributed by atoms with Crippen molar-refractivity contribution in [2.45, 2.75) is 225 Å². The summed E-state index contributed by atoms with van der Waals surface area (Å²) in [5.41, 5.74) is -0.507. The first-order valence-electron chi connectivity index (χ1n) is 21.6. The van der Waals surface area contributed by atoms with Gasteiger partial charge in [0.05, 0.1) is 33.0 Å². The number of ether oxygens (including phenoxy) is 1. The van der Waals surface area contributed by atoms with Gasteiger partial charge in [0.25, 0.3) is 0 Å². The molecule has 0 N–H and O–H groups in total. The minimum absolute atomic E-state index is 0.472. The minimum atomic E-state index is -1.27. The fourth-order valence-corrected chi connectivity index (χ4v) is 9.30. The number of unbranched alkanes of at least 4 members (excludes halogenated alkanes) is 30. The molecule has 0 aromatic heterocycles. The molecule has 1 spiro atoms. The summed E-state index contributed by atoms with van der Waals surface area (Å²) >= 11 is 0. The van der Waals surface area contributed by atoms with Gasteiger partial charge in [-0.25, -0.2) is 0 Å². The van der Waals surface area contributed by atoms with Crippen LogP contribution in [0.5, 0.6) is 0 Å². The molecule has 2 rings (SSSR count). The zero-order valence-electron chi connectivity index (χ0n) is 32.7. The van der Waals surface area contributed by atoms with Crippen LogP contribution in [0.4, 0.5) is 0 Å². The monoisotopic (exact) mass is 733 g/mol. The average molecular weight is 733 g/mol. The van der Waals surface area contributed by atoms with E-state index in [4.69, 9.17) is 27.4 Å². The highest BCUT2D eigenvalue weighted by Crippen LogP contribution is 2.50. The van der Waals surface area contributed by atoms with E-state index in [9.17, 15) is 0 Å². The van der Waals surface area contributed by atoms with Crippen molar-refractivity contribution >= 4 is 17.0 Å². The van der Waals surface area contributed by atoms with Crippen LogP contribution in [0.1, 0.15) is 219 Å². The van der Waals surface area contributed by atoms with Crippen LogP contribution in [0.15, 0.2) is 0 Å². The van der Waals surface area contributed by atoms with Crippen molar-refractivity contribution in [2.75, 3.05) is 39.4 Å². The van der Waals surface area contributed by atoms with Crippen LogP contribution in [0.2, 0.25) is 0 Å². The summed E-state index contributed by atoms with van der Waals surface area (Å²) in [6, 6.07) is 0. The van der Waals surface area contributed by atoms with Crippen molar-refractivity contribution < 1.29 is 27.4 Å². The molecule has 1 unspecified atom stereocenters. The largest absolute Gasteiger partial charge is 0.358 e. The first-order valence-corrected chi connectivity index (χ1v) is 24.1. The van der Waals surface area contributed by atoms with E-state index in [2.05, 4.69) is 13.8 Å². The molecule has 0 aromatic carbocycles. The molecule has 0 aromatic rings. The normalized spacial score (nSPS) is 21.2. The van der Waals surface area contributed by atoms with E-state index in [1.807, 2.05) is 0 Å². The van der Waals surface area contributed by atoms with Gasteiger partial charge in [-0.3, -0.25) is 0 Å². The molecule has 2 aliphatic heterocycles. The first-order chi connectivity index (χ1) is 24.3. The lowest BCUT2D eigenvalue weighted by molar-refractivity contribution is -0.145. The summed E-state index contributed by atoms with van der Waals surface area (Å²) in [7, 11) is -2.23. The molecule has 2 fully saturated rings. The number of hydrogen-bond donors (Lipinski definition) is 0. The average Bonchev–Trinajstić information content (AvgIpc) is 3.12. The Balaban J connectivity index is 1.28. The van der Waals surface area contributed by atoms with Gasteiger partial charge in [-0.1, -0.05) is 206 Å². The molecule has 2 saturated heterocycles. The summed E-state index contributed by atoms with van der Waals surface area (Å²) in [5, 5.41) is 0. The van der Waals surface area contributed by atoms with Gasteiger partial charge >= 0.3 is 8.60 Å². The standard InChI is InChI=1S/C41H82O6P2/c1-3-5-7-9-11-13-15-17-19-21-23-25-27-29-31-33-35-43-48-40-42-41(37-45-48)38-46-49(47-39-41)44-36-34-32-30-28-26-24-22-20-18-16-14-12-10-8-6-4-2/h3-40H2,1-2H3. The van der Waals surface area contributed by atoms with Crippen molar-refractivity contribution in [3.63, 3.8) is 0 Å². The molecular formula is C41H82O6P2. The van der Waals surface area contributed by atoms with Crippen molar-refractivity contribution in [3.8, 4) is 0 Å². The lowest BCUT2D eigenvalue weighted by Gasteiger charge is -2.42. The number of rotatable bonds is 36. The van der Waals surface area contributed by atoms with E-state index in [1.54, 1.807) is 0 Å². The third-order valence-electron chi connectivity index (χ3n) is 10.2. The molecule has 49 heavy (non-hydrogen) atoms. The van der Waals surface area contributed by atoms with Gasteiger partial charge in [0.15, 0.2) is 8.38 Å². The summed E-state index contributed by atoms with van der Waals surface area (Å²) in [6.45, 7) is 7.49. The minimum Gasteiger partial charge on any atom is -0.358 e. The molecule has 6 nitrogen and oxygen atoms in total. The molecule has 0 amide bonds. The molecule has 8 heteroatoms. The van der Waals surface area contributed by atoms with E-state index in [0.717, 1.165) is 19.4 Å². The zero-order valence-corrected chi connectivity index (χ0v) is 34.5. The van der Waals surface area contributed by atoms with E-state index in [-0.39, 0.29) is 0 Å². The van der Waals surface area contributed by atoms with Gasteiger partial charge in [0.2, 0.25) is 0 Å². The second kappa shape index (κ2) is 34.4. The van der Waals surface area contributed by atoms with E-state index in [1.165, 1.54) is 193 Å². The Morgan fingerprint density at radius 2 is 0.694 bits per heavy atom. The topological polar surface area (TPSA) is 55.4 Å². The lowest BCUT2D eigenvalue weighted by Crippen LogP contribution is -2.50. The molecule has 1 atom stereocenters. The first kappa shape index (κ1) is 45.8. The van der Waals surface area contributed by atoms with Crippen molar-refractivity contribution in [3.05, 3.63) is 0 Å². The third kappa shape index (κ3) is 26.9. The highest BCUT2D eigenvalue weighted by Gasteiger charge is 2.44. The molecule has 0 saturated carbocycles. The smallest absolute Gasteiger partial charge is 0.332 e. The highest BCUT2D eigenvalue weighted by molar-refractivity contribution is 7.47. The second-order valence-corrected chi connectivity index (χ2v) is 17.8. The van der Waals surface area contributed by atoms with Crippen molar-refractivity contribution in [2.24, 2.45) is 0 Å². The van der Waals surface area contributed by atoms with Gasteiger partial charge in [-0.15, -0.1) is 0 Å². The van der Waals surface area contributed by atoms with Crippen LogP contribution in [-0.2, 0) is 27.4 Å². The van der Waals surface area contributed by atoms with Crippen LogP contribution in [0.25, 0.3) is 0 Å². The van der Waals surface area contributed by atoms with Gasteiger partial charge in [0, 0.05) is 0 Å². The zero-order chi connectivity index (χ0) is 34.8. The Kier molecular flexibility index (Phi) is 32.1. The quantitative estimate of drug-likeness (QED) is 0.0472. The van der Waals surface area contributed by atoms with Crippen molar-refractivity contribution in [1.29, 1.82) is 0 Å². The molecule has 0 radical (unpaired) electrons. The summed E-state index contributed by atoms with van der Waals surface area (Å²) in [6.07, 6.45) is 44.7. The van der Waals surface area contributed by atoms with Crippen molar-refractivity contribution in [1.82, 2.24) is 0 Å². The van der Waals surface area contributed by atoms with Gasteiger partial charge in [-0.2, -0.15) is 0 Å². The highest BCUT2D eigenvalue weighted by atomic mass is 31.2. The Bertz CT molecular complexity index is 611. The Hall–Kier alpha value is 0.620. The number of hydrogen-bond acceptors (Lipinski definition) is 6. The van der Waals surface area contributed by atoms with E-state index in [0.29, 0.717) is 32.8 Å². The van der Waals surface area contributed by atoms with Gasteiger partial charge in [-0.05, 0) is 12.8 Å². The fourth-order valence-electron chi connectivity index (χ4n) is 6.80. The SMILES string of the molecule is CCCCCCCCCCCCCCCCCCOP1COC2(CO1)COP(OCCCCCCCCCCCCCCCCCC)OC2. The lowest BCUT2D eigenvalue weighted by atomic mass is 10.0. The maximum Gasteiger partial charge on any atom is 0.332 e. The summed E-state index contributed by atoms with van der Waals surface area (Å²) < 4.78 is 36.0. The predicted molar refractivity (Wildman–Crippen MR) is 211 cm³/mol. The fraction of sp³-hybridized carbons (Fsp3) is 1.00. The Labute approximate surface area is 307 Å². The summed E-state index contributed by atoms with van der Waals surface area (Å²) in [4.78, 5) is 0. The molecular weight excluding hydrogens is 650 g/mol. The summed E-state index contributed by atoms with van der Waals surface area (Å²) in [5.74, 6) is 0. The molecule has 2 aliphatic rings. The predicted octanol–water partition coefficient (Wildman–Crippen LogP) is 14.9. The van der Waals surface area contributed by atoms with Crippen LogP contribution < -0.4 is 0 Å². The maximum atomic E-state index is 6.17. The Morgan fingerprint density at radius 3 is 1.02 bits per heavy atom. The molecule has 2 heterocycles. The van der Waals surface area contributed by atoms with Crippen LogP contribution in [0, 0.1) is 0 Å². The van der Waals surface area contributed by atoms with E-state index >= 15 is 0 Å². The Morgan fingerprint density at radius 1 is 0.388 bits per heavy atom. The maximum absolute atomic E-state index is 6.17. The molecule has 0 aliphatic carbocycles. The molecule has 0 bridgehead atoms. The van der Waals surface area contributed by atoms with E-state index < -0.39 is 22.6 Å². The second-order valence-electron chi connectivity index (χ2n) is 15.1. The van der Waals surface area contributed by atoms with Gasteiger partial charge < -0.3 is 27.4 Å². The molecule has 292 valence electrons.